The van der Waals surface area contributed by atoms with Crippen molar-refractivity contribution in [3.05, 3.63) is 178 Å². The molecule has 0 aromatic heterocycles. The van der Waals surface area contributed by atoms with Crippen LogP contribution in [0.5, 0.6) is 0 Å². The highest BCUT2D eigenvalue weighted by molar-refractivity contribution is 6.30. The molecule has 230 valence electrons. The minimum absolute atomic E-state index is 0.0576. The molecule has 2 heteroatoms. The molecule has 0 heterocycles. The third-order valence-electron chi connectivity index (χ3n) is 10.9. The van der Waals surface area contributed by atoms with Crippen LogP contribution in [-0.2, 0) is 0 Å². The monoisotopic (exact) mass is 634 g/mol. The molecule has 0 amide bonds. The lowest BCUT2D eigenvalue weighted by molar-refractivity contribution is 1.70. The second kappa shape index (κ2) is 9.95. The minimum atomic E-state index is 0.0576. The Bertz CT molecular complexity index is 3350. The molecule has 0 aliphatic rings. The van der Waals surface area contributed by atoms with Crippen molar-refractivity contribution < 1.29 is 0 Å². The Morgan fingerprint density at radius 2 is 0.720 bits per heavy atom. The van der Waals surface area contributed by atoms with Crippen LogP contribution in [0.4, 0.5) is 0 Å². The summed E-state index contributed by atoms with van der Waals surface area (Å²) in [4.78, 5) is 28.1. The van der Waals surface area contributed by atoms with Crippen LogP contribution in [-0.4, -0.2) is 0 Å². The molecular weight excluding hydrogens is 609 g/mol. The van der Waals surface area contributed by atoms with Gasteiger partial charge in [0.05, 0.1) is 0 Å². The van der Waals surface area contributed by atoms with Crippen molar-refractivity contribution in [2.75, 3.05) is 0 Å². The van der Waals surface area contributed by atoms with E-state index in [1.165, 1.54) is 5.39 Å². The molecule has 50 heavy (non-hydrogen) atoms. The normalized spacial score (nSPS) is 12.2. The molecule has 0 unspecified atom stereocenters. The van der Waals surface area contributed by atoms with Crippen LogP contribution in [0, 0.1) is 0 Å². The standard InChI is InChI=1S/C48H26O2/c49-47-36-18-8-6-16-33(36)38-24-41-40(25-43(38)47)45(30-21-20-27-10-1-2-12-29(27)22-30)39-23-37-32-15-5-7-17-35(32)48(50)44(37)26-42(39)46(41)34-19-9-13-28-11-3-4-14-31(28)34/h1-26H. The molecule has 0 atom stereocenters. The summed E-state index contributed by atoms with van der Waals surface area (Å²) in [5.41, 5.74) is 4.43. The molecule has 0 saturated carbocycles. The fourth-order valence-corrected chi connectivity index (χ4v) is 8.65. The van der Waals surface area contributed by atoms with Crippen LogP contribution in [0.2, 0.25) is 0 Å². The van der Waals surface area contributed by atoms with Crippen molar-refractivity contribution in [1.82, 2.24) is 0 Å². The van der Waals surface area contributed by atoms with E-state index in [1.807, 2.05) is 36.4 Å². The third-order valence-corrected chi connectivity index (χ3v) is 10.9. The van der Waals surface area contributed by atoms with Crippen molar-refractivity contribution in [3.63, 3.8) is 0 Å². The highest BCUT2D eigenvalue weighted by Crippen LogP contribution is 2.48. The lowest BCUT2D eigenvalue weighted by atomic mass is 9.83. The summed E-state index contributed by atoms with van der Waals surface area (Å²) >= 11 is 0. The second-order valence-corrected chi connectivity index (χ2v) is 13.5. The van der Waals surface area contributed by atoms with Crippen LogP contribution < -0.4 is 10.9 Å². The number of hydrogen-bond acceptors (Lipinski definition) is 2. The molecule has 0 N–H and O–H groups in total. The van der Waals surface area contributed by atoms with Crippen LogP contribution in [0.1, 0.15) is 0 Å². The first-order valence-electron chi connectivity index (χ1n) is 17.0. The Hall–Kier alpha value is -6.64. The first kappa shape index (κ1) is 27.3. The lowest BCUT2D eigenvalue weighted by Crippen LogP contribution is -1.97. The van der Waals surface area contributed by atoms with Crippen molar-refractivity contribution >= 4 is 86.2 Å². The number of rotatable bonds is 2. The minimum Gasteiger partial charge on any atom is -0.289 e. The van der Waals surface area contributed by atoms with Gasteiger partial charge in [0, 0.05) is 21.5 Å². The molecule has 0 saturated heterocycles. The Morgan fingerprint density at radius 1 is 0.260 bits per heavy atom. The summed E-state index contributed by atoms with van der Waals surface area (Å²) in [6.45, 7) is 0. The number of benzene rings is 9. The first-order valence-corrected chi connectivity index (χ1v) is 17.0. The molecule has 11 rings (SSSR count). The van der Waals surface area contributed by atoms with Crippen molar-refractivity contribution in [1.29, 1.82) is 0 Å². The van der Waals surface area contributed by atoms with Gasteiger partial charge in [-0.2, -0.15) is 0 Å². The Balaban J connectivity index is 1.44. The van der Waals surface area contributed by atoms with E-state index < -0.39 is 0 Å². The fraction of sp³-hybridized carbons (Fsp3) is 0. The van der Waals surface area contributed by atoms with E-state index in [1.54, 1.807) is 0 Å². The SMILES string of the molecule is O=c1c2ccccc2c2cc3c(-c4ccc5ccccc5c4)c4cc5c(=O)c6ccccc6c5cc4c(-c4cccc5ccccc45)c3cc12. The quantitative estimate of drug-likeness (QED) is 0.177. The van der Waals surface area contributed by atoms with E-state index in [9.17, 15) is 9.59 Å². The van der Waals surface area contributed by atoms with Gasteiger partial charge in [-0.05, 0) is 117 Å². The molecule has 0 radical (unpaired) electrons. The van der Waals surface area contributed by atoms with Gasteiger partial charge in [-0.15, -0.1) is 0 Å². The predicted molar refractivity (Wildman–Crippen MR) is 212 cm³/mol. The van der Waals surface area contributed by atoms with Gasteiger partial charge in [0.25, 0.3) is 0 Å². The van der Waals surface area contributed by atoms with E-state index in [0.29, 0.717) is 0 Å². The van der Waals surface area contributed by atoms with E-state index in [4.69, 9.17) is 0 Å². The zero-order valence-corrected chi connectivity index (χ0v) is 26.8. The largest absolute Gasteiger partial charge is 0.289 e. The summed E-state index contributed by atoms with van der Waals surface area (Å²) in [7, 11) is 0. The summed E-state index contributed by atoms with van der Waals surface area (Å²) in [6, 6.07) is 54.6. The van der Waals surface area contributed by atoms with E-state index >= 15 is 0 Å². The van der Waals surface area contributed by atoms with E-state index in [2.05, 4.69) is 121 Å². The Morgan fingerprint density at radius 3 is 1.34 bits per heavy atom. The fourth-order valence-electron chi connectivity index (χ4n) is 8.65. The first-order chi connectivity index (χ1) is 24.6. The van der Waals surface area contributed by atoms with E-state index in [-0.39, 0.29) is 10.9 Å². The second-order valence-electron chi connectivity index (χ2n) is 13.5. The summed E-state index contributed by atoms with van der Waals surface area (Å²) in [5.74, 6) is 0. The average molecular weight is 635 g/mol. The Labute approximate surface area is 285 Å². The average Bonchev–Trinajstić information content (AvgIpc) is 3.61. The van der Waals surface area contributed by atoms with Crippen LogP contribution >= 0.6 is 0 Å². The molecule has 11 aromatic rings. The molecule has 0 aliphatic heterocycles. The van der Waals surface area contributed by atoms with Crippen molar-refractivity contribution in [3.8, 4) is 22.3 Å². The molecule has 0 bridgehead atoms. The topological polar surface area (TPSA) is 34.1 Å². The maximum atomic E-state index is 14.0. The van der Waals surface area contributed by atoms with Crippen LogP contribution in [0.3, 0.4) is 0 Å². The highest BCUT2D eigenvalue weighted by Gasteiger charge is 2.23. The Kier molecular flexibility index (Phi) is 5.44. The van der Waals surface area contributed by atoms with Gasteiger partial charge in [0.1, 0.15) is 0 Å². The van der Waals surface area contributed by atoms with Gasteiger partial charge < -0.3 is 0 Å². The molecular formula is C48H26O2. The molecule has 11 aromatic carbocycles. The van der Waals surface area contributed by atoms with Crippen molar-refractivity contribution in [2.45, 2.75) is 0 Å². The van der Waals surface area contributed by atoms with Gasteiger partial charge in [-0.1, -0.05) is 127 Å². The van der Waals surface area contributed by atoms with Gasteiger partial charge in [-0.3, -0.25) is 9.59 Å². The van der Waals surface area contributed by atoms with E-state index in [0.717, 1.165) is 103 Å². The lowest BCUT2D eigenvalue weighted by Gasteiger charge is -2.20. The molecule has 0 spiro atoms. The van der Waals surface area contributed by atoms with Gasteiger partial charge in [0.2, 0.25) is 0 Å². The maximum absolute atomic E-state index is 14.0. The number of hydrogen-bond donors (Lipinski definition) is 0. The van der Waals surface area contributed by atoms with Gasteiger partial charge in [0.15, 0.2) is 10.9 Å². The zero-order valence-electron chi connectivity index (χ0n) is 26.8. The van der Waals surface area contributed by atoms with Crippen LogP contribution in [0.25, 0.3) is 108 Å². The maximum Gasteiger partial charge on any atom is 0.194 e. The molecule has 2 nitrogen and oxygen atoms in total. The number of fused-ring (bicyclic) bond motifs is 10. The van der Waals surface area contributed by atoms with Gasteiger partial charge in [-0.25, -0.2) is 0 Å². The van der Waals surface area contributed by atoms with Gasteiger partial charge >= 0.3 is 0 Å². The van der Waals surface area contributed by atoms with Crippen LogP contribution in [0.15, 0.2) is 167 Å². The summed E-state index contributed by atoms with van der Waals surface area (Å²) < 4.78 is 0. The summed E-state index contributed by atoms with van der Waals surface area (Å²) in [6.07, 6.45) is 0. The molecule has 0 fully saturated rings. The zero-order chi connectivity index (χ0) is 33.1. The highest BCUT2D eigenvalue weighted by atomic mass is 16.1. The molecule has 0 aliphatic carbocycles. The van der Waals surface area contributed by atoms with Crippen molar-refractivity contribution in [2.24, 2.45) is 0 Å². The predicted octanol–water partition coefficient (Wildman–Crippen LogP) is 11.8. The third kappa shape index (κ3) is 3.62. The summed E-state index contributed by atoms with van der Waals surface area (Å²) in [5, 5.41) is 15.5. The smallest absolute Gasteiger partial charge is 0.194 e.